The summed E-state index contributed by atoms with van der Waals surface area (Å²) in [5.74, 6) is 0.840. The van der Waals surface area contributed by atoms with Gasteiger partial charge in [-0.05, 0) is 26.0 Å². The molecule has 0 atom stereocenters. The van der Waals surface area contributed by atoms with Crippen LogP contribution in [0.25, 0.3) is 0 Å². The zero-order valence-electron chi connectivity index (χ0n) is 13.6. The van der Waals surface area contributed by atoms with Crippen LogP contribution in [0, 0.1) is 0 Å². The first-order chi connectivity index (χ1) is 10.4. The summed E-state index contributed by atoms with van der Waals surface area (Å²) in [6, 6.07) is 5.25. The Bertz CT molecular complexity index is 608. The Balaban J connectivity index is 2.27. The molecule has 6 nitrogen and oxygen atoms in total. The topological polar surface area (TPSA) is 59.1 Å². The molecule has 1 heterocycles. The standard InChI is InChI=1S/C15H24N2O4S/c1-12(2)16-7-9-17(10-8-16)22(18,19)15-11-13(20-3)5-6-14(15)21-4/h5-6,11-12H,7-10H2,1-4H3. The molecule has 0 aromatic heterocycles. The van der Waals surface area contributed by atoms with Crippen molar-refractivity contribution in [2.45, 2.75) is 24.8 Å². The molecule has 1 saturated heterocycles. The van der Waals surface area contributed by atoms with Gasteiger partial charge in [0.1, 0.15) is 16.4 Å². The first-order valence-corrected chi connectivity index (χ1v) is 8.80. The van der Waals surface area contributed by atoms with Crippen LogP contribution in [0.1, 0.15) is 13.8 Å². The first kappa shape index (κ1) is 17.1. The maximum atomic E-state index is 12.9. The van der Waals surface area contributed by atoms with Crippen molar-refractivity contribution in [3.05, 3.63) is 18.2 Å². The van der Waals surface area contributed by atoms with Gasteiger partial charge in [-0.15, -0.1) is 0 Å². The van der Waals surface area contributed by atoms with Crippen LogP contribution < -0.4 is 9.47 Å². The van der Waals surface area contributed by atoms with Crippen molar-refractivity contribution < 1.29 is 17.9 Å². The van der Waals surface area contributed by atoms with Gasteiger partial charge in [0.05, 0.1) is 14.2 Å². The second-order valence-electron chi connectivity index (χ2n) is 5.55. The monoisotopic (exact) mass is 328 g/mol. The Morgan fingerprint density at radius 1 is 1.05 bits per heavy atom. The summed E-state index contributed by atoms with van der Waals surface area (Å²) in [7, 11) is -0.602. The third-order valence-corrected chi connectivity index (χ3v) is 5.91. The summed E-state index contributed by atoms with van der Waals surface area (Å²) in [5.41, 5.74) is 0. The van der Waals surface area contributed by atoms with E-state index in [9.17, 15) is 8.42 Å². The van der Waals surface area contributed by atoms with Crippen LogP contribution in [0.5, 0.6) is 11.5 Å². The molecule has 0 amide bonds. The van der Waals surface area contributed by atoms with E-state index in [2.05, 4.69) is 18.7 Å². The van der Waals surface area contributed by atoms with E-state index in [4.69, 9.17) is 9.47 Å². The zero-order valence-corrected chi connectivity index (χ0v) is 14.4. The molecule has 7 heteroatoms. The number of hydrogen-bond acceptors (Lipinski definition) is 5. The third-order valence-electron chi connectivity index (χ3n) is 3.99. The normalized spacial score (nSPS) is 17.7. The Hall–Kier alpha value is -1.31. The van der Waals surface area contributed by atoms with Gasteiger partial charge in [-0.2, -0.15) is 4.31 Å². The van der Waals surface area contributed by atoms with Gasteiger partial charge in [0.2, 0.25) is 10.0 Å². The van der Waals surface area contributed by atoms with Crippen LogP contribution in [0.15, 0.2) is 23.1 Å². The average Bonchev–Trinajstić information content (AvgIpc) is 2.54. The molecular weight excluding hydrogens is 304 g/mol. The lowest BCUT2D eigenvalue weighted by Gasteiger charge is -2.36. The van der Waals surface area contributed by atoms with Crippen LogP contribution in [-0.4, -0.2) is 64.1 Å². The zero-order chi connectivity index (χ0) is 16.3. The molecule has 0 bridgehead atoms. The van der Waals surface area contributed by atoms with E-state index in [-0.39, 0.29) is 4.90 Å². The summed E-state index contributed by atoms with van der Waals surface area (Å²) in [5, 5.41) is 0. The average molecular weight is 328 g/mol. The number of sulfonamides is 1. The van der Waals surface area contributed by atoms with Gasteiger partial charge in [0, 0.05) is 38.3 Å². The van der Waals surface area contributed by atoms with Crippen molar-refractivity contribution in [1.82, 2.24) is 9.21 Å². The number of ether oxygens (including phenoxy) is 2. The van der Waals surface area contributed by atoms with Gasteiger partial charge in [-0.25, -0.2) is 8.42 Å². The van der Waals surface area contributed by atoms with Crippen LogP contribution >= 0.6 is 0 Å². The molecule has 1 aromatic rings. The van der Waals surface area contributed by atoms with Crippen molar-refractivity contribution in [3.8, 4) is 11.5 Å². The minimum Gasteiger partial charge on any atom is -0.497 e. The highest BCUT2D eigenvalue weighted by molar-refractivity contribution is 7.89. The fourth-order valence-corrected chi connectivity index (χ4v) is 4.18. The lowest BCUT2D eigenvalue weighted by atomic mass is 10.3. The summed E-state index contributed by atoms with van der Waals surface area (Å²) in [6.07, 6.45) is 0. The van der Waals surface area contributed by atoms with Crippen LogP contribution in [0.2, 0.25) is 0 Å². The van der Waals surface area contributed by atoms with Gasteiger partial charge < -0.3 is 9.47 Å². The van der Waals surface area contributed by atoms with Gasteiger partial charge in [0.15, 0.2) is 0 Å². The largest absolute Gasteiger partial charge is 0.497 e. The highest BCUT2D eigenvalue weighted by Crippen LogP contribution is 2.31. The Kier molecular flexibility index (Phi) is 5.31. The molecule has 22 heavy (non-hydrogen) atoms. The highest BCUT2D eigenvalue weighted by atomic mass is 32.2. The van der Waals surface area contributed by atoms with Crippen molar-refractivity contribution in [2.24, 2.45) is 0 Å². The number of nitrogens with zero attached hydrogens (tertiary/aromatic N) is 2. The number of benzene rings is 1. The lowest BCUT2D eigenvalue weighted by molar-refractivity contribution is 0.154. The maximum absolute atomic E-state index is 12.9. The molecule has 1 aliphatic rings. The van der Waals surface area contributed by atoms with Gasteiger partial charge in [-0.3, -0.25) is 4.90 Å². The van der Waals surface area contributed by atoms with E-state index in [1.807, 2.05) is 0 Å². The van der Waals surface area contributed by atoms with Crippen LogP contribution in [0.3, 0.4) is 0 Å². The fourth-order valence-electron chi connectivity index (χ4n) is 2.58. The van der Waals surface area contributed by atoms with Crippen molar-refractivity contribution in [3.63, 3.8) is 0 Å². The molecule has 0 N–H and O–H groups in total. The molecule has 0 spiro atoms. The minimum absolute atomic E-state index is 0.160. The van der Waals surface area contributed by atoms with E-state index in [0.717, 1.165) is 13.1 Å². The molecule has 124 valence electrons. The lowest BCUT2D eigenvalue weighted by Crippen LogP contribution is -2.50. The third kappa shape index (κ3) is 3.37. The molecule has 1 aromatic carbocycles. The maximum Gasteiger partial charge on any atom is 0.246 e. The Morgan fingerprint density at radius 2 is 1.68 bits per heavy atom. The summed E-state index contributed by atoms with van der Waals surface area (Å²) >= 11 is 0. The molecule has 1 fully saturated rings. The molecule has 0 radical (unpaired) electrons. The number of piperazine rings is 1. The van der Waals surface area contributed by atoms with Crippen LogP contribution in [0.4, 0.5) is 0 Å². The molecule has 0 unspecified atom stereocenters. The highest BCUT2D eigenvalue weighted by Gasteiger charge is 2.31. The molecule has 0 aliphatic carbocycles. The van der Waals surface area contributed by atoms with E-state index >= 15 is 0 Å². The molecule has 0 saturated carbocycles. The summed E-state index contributed by atoms with van der Waals surface area (Å²) < 4.78 is 37.6. The van der Waals surface area contributed by atoms with Crippen molar-refractivity contribution in [2.75, 3.05) is 40.4 Å². The van der Waals surface area contributed by atoms with Gasteiger partial charge in [-0.1, -0.05) is 0 Å². The SMILES string of the molecule is COc1ccc(OC)c(S(=O)(=O)N2CCN(C(C)C)CC2)c1. The number of hydrogen-bond donors (Lipinski definition) is 0. The van der Waals surface area contributed by atoms with Gasteiger partial charge in [0.25, 0.3) is 0 Å². The second kappa shape index (κ2) is 6.85. The predicted molar refractivity (Wildman–Crippen MR) is 85.0 cm³/mol. The summed E-state index contributed by atoms with van der Waals surface area (Å²) in [6.45, 7) is 6.69. The summed E-state index contributed by atoms with van der Waals surface area (Å²) in [4.78, 5) is 2.43. The van der Waals surface area contributed by atoms with Crippen molar-refractivity contribution >= 4 is 10.0 Å². The smallest absolute Gasteiger partial charge is 0.246 e. The number of methoxy groups -OCH3 is 2. The minimum atomic E-state index is -3.58. The second-order valence-corrected chi connectivity index (χ2v) is 7.46. The van der Waals surface area contributed by atoms with Crippen LogP contribution in [-0.2, 0) is 10.0 Å². The fraction of sp³-hybridized carbons (Fsp3) is 0.600. The predicted octanol–water partition coefficient (Wildman–Crippen LogP) is 1.42. The first-order valence-electron chi connectivity index (χ1n) is 7.36. The van der Waals surface area contributed by atoms with Crippen molar-refractivity contribution in [1.29, 1.82) is 0 Å². The number of rotatable bonds is 5. The van der Waals surface area contributed by atoms with Gasteiger partial charge >= 0.3 is 0 Å². The molecular formula is C15H24N2O4S. The molecule has 1 aliphatic heterocycles. The van der Waals surface area contributed by atoms with E-state index in [0.29, 0.717) is 30.6 Å². The Labute approximate surface area is 132 Å². The Morgan fingerprint density at radius 3 is 2.18 bits per heavy atom. The van der Waals surface area contributed by atoms with E-state index in [1.165, 1.54) is 24.6 Å². The quantitative estimate of drug-likeness (QED) is 0.818. The van der Waals surface area contributed by atoms with E-state index in [1.54, 1.807) is 12.1 Å². The van der Waals surface area contributed by atoms with E-state index < -0.39 is 10.0 Å². The molecule has 2 rings (SSSR count).